The molecule has 2 unspecified atom stereocenters. The topological polar surface area (TPSA) is 142 Å². The highest BCUT2D eigenvalue weighted by Gasteiger charge is 2.45. The number of amides is 3. The van der Waals surface area contributed by atoms with Crippen LogP contribution in [0, 0.1) is 12.8 Å². The van der Waals surface area contributed by atoms with Crippen molar-refractivity contribution >= 4 is 23.7 Å². The summed E-state index contributed by atoms with van der Waals surface area (Å²) in [7, 11) is 1.49. The number of benzene rings is 1. The number of nitrogens with one attached hydrogen (secondary N) is 1. The molecule has 11 nitrogen and oxygen atoms in total. The summed E-state index contributed by atoms with van der Waals surface area (Å²) in [5, 5.41) is 16.2. The van der Waals surface area contributed by atoms with Crippen molar-refractivity contribution in [2.45, 2.75) is 57.7 Å². The van der Waals surface area contributed by atoms with E-state index in [1.807, 2.05) is 0 Å². The molecule has 1 aliphatic carbocycles. The second-order valence-electron chi connectivity index (χ2n) is 9.54. The minimum Gasteiger partial charge on any atom is -0.497 e. The van der Waals surface area contributed by atoms with Crippen LogP contribution in [0.25, 0.3) is 0 Å². The van der Waals surface area contributed by atoms with E-state index in [0.29, 0.717) is 17.1 Å². The number of carbonyl (C=O) groups is 4. The van der Waals surface area contributed by atoms with Gasteiger partial charge in [-0.25, -0.2) is 0 Å². The van der Waals surface area contributed by atoms with Crippen LogP contribution >= 0.6 is 0 Å². The molecule has 0 bridgehead atoms. The normalized spacial score (nSPS) is 18.9. The van der Waals surface area contributed by atoms with Crippen molar-refractivity contribution in [2.75, 3.05) is 20.2 Å². The molecule has 37 heavy (non-hydrogen) atoms. The van der Waals surface area contributed by atoms with E-state index in [0.717, 1.165) is 32.1 Å². The smallest absolute Gasteiger partial charge is 0.305 e. The number of carbonyl (C=O) groups excluding carboxylic acids is 3. The van der Waals surface area contributed by atoms with Crippen LogP contribution in [0.5, 0.6) is 5.75 Å². The number of aromatic nitrogens is 1. The summed E-state index contributed by atoms with van der Waals surface area (Å²) in [6.45, 7) is 1.87. The van der Waals surface area contributed by atoms with Crippen molar-refractivity contribution in [2.24, 2.45) is 5.92 Å². The number of aliphatic carboxylic acids is 1. The Balaban J connectivity index is 1.63. The third-order valence-corrected chi connectivity index (χ3v) is 7.03. The van der Waals surface area contributed by atoms with Crippen molar-refractivity contribution < 1.29 is 33.5 Å². The molecule has 1 saturated heterocycles. The largest absolute Gasteiger partial charge is 0.497 e. The van der Waals surface area contributed by atoms with Crippen molar-refractivity contribution in [1.82, 2.24) is 20.3 Å². The summed E-state index contributed by atoms with van der Waals surface area (Å²) in [5.74, 6) is -1.68. The number of carboxylic acid groups (broad SMARTS) is 1. The maximum Gasteiger partial charge on any atom is 0.305 e. The van der Waals surface area contributed by atoms with Gasteiger partial charge in [0.2, 0.25) is 0 Å². The van der Waals surface area contributed by atoms with Gasteiger partial charge in [-0.3, -0.25) is 19.2 Å². The third kappa shape index (κ3) is 5.92. The monoisotopic (exact) mass is 512 g/mol. The number of methoxy groups -OCH3 is 1. The molecule has 2 atom stereocenters. The number of hydrogen-bond acceptors (Lipinski definition) is 7. The Kier molecular flexibility index (Phi) is 8.10. The number of carboxylic acids is 1. The van der Waals surface area contributed by atoms with E-state index in [9.17, 15) is 24.3 Å². The van der Waals surface area contributed by atoms with E-state index in [-0.39, 0.29) is 31.1 Å². The molecule has 2 fully saturated rings. The molecule has 11 heteroatoms. The lowest BCUT2D eigenvalue weighted by molar-refractivity contribution is -0.138. The molecule has 1 aliphatic heterocycles. The van der Waals surface area contributed by atoms with Gasteiger partial charge in [-0.15, -0.1) is 0 Å². The van der Waals surface area contributed by atoms with Gasteiger partial charge in [-0.2, -0.15) is 0 Å². The summed E-state index contributed by atoms with van der Waals surface area (Å²) in [4.78, 5) is 54.8. The van der Waals surface area contributed by atoms with E-state index in [2.05, 4.69) is 10.5 Å². The van der Waals surface area contributed by atoms with Crippen LogP contribution in [-0.2, 0) is 9.59 Å². The van der Waals surface area contributed by atoms with Gasteiger partial charge >= 0.3 is 5.97 Å². The van der Waals surface area contributed by atoms with Crippen LogP contribution < -0.4 is 10.1 Å². The third-order valence-electron chi connectivity index (χ3n) is 7.03. The lowest BCUT2D eigenvalue weighted by atomic mass is 9.82. The Morgan fingerprint density at radius 2 is 1.81 bits per heavy atom. The zero-order valence-electron chi connectivity index (χ0n) is 21.0. The SMILES string of the molecule is COc1cccc(C(=O)N2CCN(C(=O)c3cc(C)on3)C2C(=O)NC(CC(=O)O)C2CCCCC2)c1. The fraction of sp³-hybridized carbons (Fsp3) is 0.500. The van der Waals surface area contributed by atoms with Gasteiger partial charge in [0.05, 0.1) is 13.5 Å². The second kappa shape index (κ2) is 11.4. The number of aryl methyl sites for hydroxylation is 1. The zero-order chi connectivity index (χ0) is 26.5. The van der Waals surface area contributed by atoms with Gasteiger partial charge in [-0.05, 0) is 43.9 Å². The van der Waals surface area contributed by atoms with Crippen LogP contribution in [0.3, 0.4) is 0 Å². The van der Waals surface area contributed by atoms with Crippen LogP contribution in [0.15, 0.2) is 34.9 Å². The highest BCUT2D eigenvalue weighted by molar-refractivity contribution is 6.01. The number of hydrogen-bond donors (Lipinski definition) is 2. The summed E-state index contributed by atoms with van der Waals surface area (Å²) in [6, 6.07) is 7.42. The van der Waals surface area contributed by atoms with Crippen LogP contribution in [0.4, 0.5) is 0 Å². The van der Waals surface area contributed by atoms with E-state index in [1.165, 1.54) is 23.0 Å². The van der Waals surface area contributed by atoms with Crippen LogP contribution in [0.1, 0.15) is 65.1 Å². The summed E-state index contributed by atoms with van der Waals surface area (Å²) >= 11 is 0. The molecule has 4 rings (SSSR count). The molecule has 2 aliphatic rings. The Morgan fingerprint density at radius 1 is 1.11 bits per heavy atom. The van der Waals surface area contributed by atoms with Gasteiger partial charge in [0.25, 0.3) is 17.7 Å². The predicted octanol–water partition coefficient (Wildman–Crippen LogP) is 2.46. The van der Waals surface area contributed by atoms with Crippen LogP contribution in [0.2, 0.25) is 0 Å². The van der Waals surface area contributed by atoms with Gasteiger partial charge in [0, 0.05) is 30.8 Å². The van der Waals surface area contributed by atoms with Crippen molar-refractivity contribution in [3.8, 4) is 5.75 Å². The van der Waals surface area contributed by atoms with E-state index in [1.54, 1.807) is 31.2 Å². The van der Waals surface area contributed by atoms with Gasteiger partial charge < -0.3 is 29.5 Å². The second-order valence-corrected chi connectivity index (χ2v) is 9.54. The maximum atomic E-state index is 13.7. The van der Waals surface area contributed by atoms with E-state index < -0.39 is 35.9 Å². The van der Waals surface area contributed by atoms with E-state index in [4.69, 9.17) is 9.26 Å². The fourth-order valence-corrected chi connectivity index (χ4v) is 5.19. The highest BCUT2D eigenvalue weighted by atomic mass is 16.5. The predicted molar refractivity (Wildman–Crippen MR) is 131 cm³/mol. The first kappa shape index (κ1) is 26.2. The molecule has 0 radical (unpaired) electrons. The van der Waals surface area contributed by atoms with Gasteiger partial charge in [-0.1, -0.05) is 30.5 Å². The van der Waals surface area contributed by atoms with Crippen molar-refractivity contribution in [3.63, 3.8) is 0 Å². The standard InChI is InChI=1S/C26H32N4O7/c1-16-13-21(28-37-16)26(35)30-12-11-29(25(34)18-9-6-10-19(14-18)36-2)24(30)23(33)27-20(15-22(31)32)17-7-4-3-5-8-17/h6,9-10,13-14,17,20,24H,3-5,7-8,11-12,15H2,1-2H3,(H,27,33)(H,31,32). The minimum absolute atomic E-state index is 0.0140. The first-order valence-electron chi connectivity index (χ1n) is 12.5. The zero-order valence-corrected chi connectivity index (χ0v) is 21.0. The minimum atomic E-state index is -1.27. The molecule has 1 aromatic carbocycles. The lowest BCUT2D eigenvalue weighted by Crippen LogP contribution is -2.57. The molecule has 1 saturated carbocycles. The first-order chi connectivity index (χ1) is 17.8. The average Bonchev–Trinajstić information content (AvgIpc) is 3.54. The number of nitrogens with zero attached hydrogens (tertiary/aromatic N) is 3. The molecule has 0 spiro atoms. The van der Waals surface area contributed by atoms with Gasteiger partial charge in [0.1, 0.15) is 11.5 Å². The molecule has 3 amide bonds. The average molecular weight is 513 g/mol. The van der Waals surface area contributed by atoms with Gasteiger partial charge in [0.15, 0.2) is 11.9 Å². The summed E-state index contributed by atoms with van der Waals surface area (Å²) in [6.07, 6.45) is 3.14. The number of rotatable bonds is 8. The maximum absolute atomic E-state index is 13.7. The summed E-state index contributed by atoms with van der Waals surface area (Å²) < 4.78 is 10.3. The Labute approximate surface area is 214 Å². The Bertz CT molecular complexity index is 1160. The number of ether oxygens (including phenoxy) is 1. The fourth-order valence-electron chi connectivity index (χ4n) is 5.19. The van der Waals surface area contributed by atoms with Crippen LogP contribution in [-0.4, -0.2) is 76.2 Å². The summed E-state index contributed by atoms with van der Waals surface area (Å²) in [5.41, 5.74) is 0.332. The Hall–Kier alpha value is -3.89. The molecular formula is C26H32N4O7. The molecular weight excluding hydrogens is 480 g/mol. The molecule has 2 N–H and O–H groups in total. The quantitative estimate of drug-likeness (QED) is 0.549. The molecule has 2 aromatic rings. The highest BCUT2D eigenvalue weighted by Crippen LogP contribution is 2.29. The van der Waals surface area contributed by atoms with E-state index >= 15 is 0 Å². The van der Waals surface area contributed by atoms with Crippen molar-refractivity contribution in [1.29, 1.82) is 0 Å². The first-order valence-corrected chi connectivity index (χ1v) is 12.5. The molecule has 198 valence electrons. The lowest BCUT2D eigenvalue weighted by Gasteiger charge is -2.34. The Morgan fingerprint density at radius 3 is 2.43 bits per heavy atom. The van der Waals surface area contributed by atoms with Crippen molar-refractivity contribution in [3.05, 3.63) is 47.3 Å². The molecule has 1 aromatic heterocycles. The molecule has 2 heterocycles.